The van der Waals surface area contributed by atoms with Gasteiger partial charge in [0.1, 0.15) is 30.8 Å². The van der Waals surface area contributed by atoms with Crippen LogP contribution in [0.5, 0.6) is 11.5 Å². The Morgan fingerprint density at radius 1 is 1.00 bits per heavy atom. The molecule has 0 aliphatic carbocycles. The molecule has 0 aliphatic rings. The quantitative estimate of drug-likeness (QED) is 0.253. The third-order valence-corrected chi connectivity index (χ3v) is 7.21. The molecular formula is C29H35ClN4O5S. The van der Waals surface area contributed by atoms with Crippen LogP contribution < -0.4 is 9.47 Å². The van der Waals surface area contributed by atoms with Crippen molar-refractivity contribution in [2.75, 3.05) is 39.5 Å². The number of aryl methyl sites for hydroxylation is 1. The van der Waals surface area contributed by atoms with Gasteiger partial charge < -0.3 is 14.4 Å². The van der Waals surface area contributed by atoms with Gasteiger partial charge in [0.05, 0.1) is 16.3 Å². The summed E-state index contributed by atoms with van der Waals surface area (Å²) in [6, 6.07) is 15.2. The number of hydrogen-bond donors (Lipinski definition) is 1. The normalized spacial score (nSPS) is 11.6. The summed E-state index contributed by atoms with van der Waals surface area (Å²) in [5.74, 6) is 0.573. The van der Waals surface area contributed by atoms with E-state index in [0.717, 1.165) is 35.2 Å². The molecule has 3 rings (SSSR count). The lowest BCUT2D eigenvalue weighted by molar-refractivity contribution is 0.247. The van der Waals surface area contributed by atoms with Crippen LogP contribution in [0.1, 0.15) is 34.2 Å². The Kier molecular flexibility index (Phi) is 11.7. The third-order valence-electron chi connectivity index (χ3n) is 6.22. The van der Waals surface area contributed by atoms with Gasteiger partial charge in [-0.3, -0.25) is 14.4 Å². The average Bonchev–Trinajstić information content (AvgIpc) is 2.90. The minimum atomic E-state index is -4.13. The minimum Gasteiger partial charge on any atom is -0.488 e. The van der Waals surface area contributed by atoms with Crippen molar-refractivity contribution in [3.05, 3.63) is 87.7 Å². The lowest BCUT2D eigenvalue weighted by Gasteiger charge is -2.24. The molecule has 1 aromatic heterocycles. The van der Waals surface area contributed by atoms with Gasteiger partial charge in [0.15, 0.2) is 0 Å². The first kappa shape index (κ1) is 31.3. The van der Waals surface area contributed by atoms with E-state index in [0.29, 0.717) is 41.8 Å². The molecule has 0 radical (unpaired) electrons. The molecule has 1 heterocycles. The van der Waals surface area contributed by atoms with Crippen LogP contribution in [0.2, 0.25) is 5.02 Å². The first-order valence-electron chi connectivity index (χ1n) is 12.8. The first-order valence-corrected chi connectivity index (χ1v) is 14.8. The van der Waals surface area contributed by atoms with Gasteiger partial charge in [-0.2, -0.15) is 13.7 Å². The summed E-state index contributed by atoms with van der Waals surface area (Å²) < 4.78 is 44.6. The van der Waals surface area contributed by atoms with Crippen molar-refractivity contribution in [3.8, 4) is 17.6 Å². The molecule has 0 aliphatic heterocycles. The van der Waals surface area contributed by atoms with E-state index in [1.165, 1.54) is 6.20 Å². The Morgan fingerprint density at radius 2 is 1.75 bits per heavy atom. The molecule has 0 saturated carbocycles. The summed E-state index contributed by atoms with van der Waals surface area (Å²) in [6.45, 7) is 4.39. The standard InChI is InChI=1S/C29H35ClN4O5S/c1-22-7-4-5-8-25(22)21-39-29-15-28(38-20-24-13-23(16-31)17-32-18-24)26(14-27(29)30)19-34(10-6-9-33(2)3)11-12-40(35,36)37/h4-5,7-8,13-15,17-18H,6,9-12,19-21H2,1-3H3,(H,35,36,37). The molecule has 214 valence electrons. The van der Waals surface area contributed by atoms with Gasteiger partial charge in [-0.25, -0.2) is 0 Å². The second-order valence-electron chi connectivity index (χ2n) is 9.81. The fraction of sp³-hybridized carbons (Fsp3) is 0.379. The number of pyridine rings is 1. The molecule has 0 bridgehead atoms. The van der Waals surface area contributed by atoms with Gasteiger partial charge in [-0.1, -0.05) is 35.9 Å². The number of aromatic nitrogens is 1. The summed E-state index contributed by atoms with van der Waals surface area (Å²) in [4.78, 5) is 8.09. The van der Waals surface area contributed by atoms with E-state index in [4.69, 9.17) is 21.1 Å². The van der Waals surface area contributed by atoms with Gasteiger partial charge >= 0.3 is 0 Å². The molecule has 40 heavy (non-hydrogen) atoms. The van der Waals surface area contributed by atoms with Crippen molar-refractivity contribution in [1.29, 1.82) is 5.26 Å². The highest BCUT2D eigenvalue weighted by Crippen LogP contribution is 2.35. The average molecular weight is 587 g/mol. The molecular weight excluding hydrogens is 552 g/mol. The Morgan fingerprint density at radius 3 is 2.45 bits per heavy atom. The van der Waals surface area contributed by atoms with Crippen LogP contribution in [-0.4, -0.2) is 67.2 Å². The lowest BCUT2D eigenvalue weighted by Crippen LogP contribution is -2.31. The molecule has 0 fully saturated rings. The number of nitrogens with zero attached hydrogens (tertiary/aromatic N) is 4. The number of hydrogen-bond acceptors (Lipinski definition) is 8. The Hall–Kier alpha value is -3.20. The molecule has 0 saturated heterocycles. The SMILES string of the molecule is Cc1ccccc1COc1cc(OCc2cncc(C#N)c2)c(CN(CCCN(C)C)CCS(=O)(=O)O)cc1Cl. The zero-order chi connectivity index (χ0) is 29.1. The molecule has 3 aromatic rings. The van der Waals surface area contributed by atoms with Crippen molar-refractivity contribution < 1.29 is 22.4 Å². The zero-order valence-electron chi connectivity index (χ0n) is 23.0. The zero-order valence-corrected chi connectivity index (χ0v) is 24.6. The van der Waals surface area contributed by atoms with E-state index in [1.807, 2.05) is 50.2 Å². The van der Waals surface area contributed by atoms with Gasteiger partial charge in [0, 0.05) is 42.7 Å². The number of ether oxygens (including phenoxy) is 2. The highest BCUT2D eigenvalue weighted by Gasteiger charge is 2.17. The fourth-order valence-corrected chi connectivity index (χ4v) is 4.76. The van der Waals surface area contributed by atoms with E-state index in [1.54, 1.807) is 24.4 Å². The topological polar surface area (TPSA) is 116 Å². The molecule has 0 spiro atoms. The highest BCUT2D eigenvalue weighted by atomic mass is 35.5. The molecule has 0 atom stereocenters. The summed E-state index contributed by atoms with van der Waals surface area (Å²) in [6.07, 6.45) is 3.91. The van der Waals surface area contributed by atoms with E-state index in [9.17, 15) is 18.2 Å². The van der Waals surface area contributed by atoms with Crippen LogP contribution in [-0.2, 0) is 29.9 Å². The Labute approximate surface area is 241 Å². The van der Waals surface area contributed by atoms with E-state index in [2.05, 4.69) is 16.0 Å². The second kappa shape index (κ2) is 15.0. The van der Waals surface area contributed by atoms with Crippen LogP contribution in [0, 0.1) is 18.3 Å². The largest absolute Gasteiger partial charge is 0.488 e. The Balaban J connectivity index is 1.88. The summed E-state index contributed by atoms with van der Waals surface area (Å²) in [5, 5.41) is 9.61. The maximum atomic E-state index is 11.5. The summed E-state index contributed by atoms with van der Waals surface area (Å²) in [7, 11) is -0.186. The van der Waals surface area contributed by atoms with Gasteiger partial charge in [0.2, 0.25) is 0 Å². The summed E-state index contributed by atoms with van der Waals surface area (Å²) in [5.41, 5.74) is 4.01. The highest BCUT2D eigenvalue weighted by molar-refractivity contribution is 7.85. The molecule has 0 amide bonds. The number of halogens is 1. The van der Waals surface area contributed by atoms with Crippen molar-refractivity contribution in [1.82, 2.24) is 14.8 Å². The number of rotatable bonds is 15. The van der Waals surface area contributed by atoms with Crippen LogP contribution in [0.4, 0.5) is 0 Å². The molecule has 11 heteroatoms. The van der Waals surface area contributed by atoms with Crippen LogP contribution in [0.3, 0.4) is 0 Å². The van der Waals surface area contributed by atoms with Crippen LogP contribution in [0.25, 0.3) is 0 Å². The van der Waals surface area contributed by atoms with E-state index in [-0.39, 0.29) is 18.9 Å². The maximum absolute atomic E-state index is 11.5. The Bertz CT molecular complexity index is 1430. The van der Waals surface area contributed by atoms with Crippen LogP contribution in [0.15, 0.2) is 54.9 Å². The van der Waals surface area contributed by atoms with Gasteiger partial charge in [-0.05, 0) is 63.8 Å². The monoisotopic (exact) mass is 586 g/mol. The predicted molar refractivity (Wildman–Crippen MR) is 155 cm³/mol. The van der Waals surface area contributed by atoms with E-state index >= 15 is 0 Å². The maximum Gasteiger partial charge on any atom is 0.266 e. The number of benzene rings is 2. The second-order valence-corrected chi connectivity index (χ2v) is 11.8. The van der Waals surface area contributed by atoms with Crippen molar-refractivity contribution >= 4 is 21.7 Å². The van der Waals surface area contributed by atoms with Gasteiger partial charge in [0.25, 0.3) is 10.1 Å². The molecule has 9 nitrogen and oxygen atoms in total. The van der Waals surface area contributed by atoms with Gasteiger partial charge in [-0.15, -0.1) is 0 Å². The van der Waals surface area contributed by atoms with Crippen molar-refractivity contribution in [2.24, 2.45) is 0 Å². The lowest BCUT2D eigenvalue weighted by atomic mass is 10.1. The van der Waals surface area contributed by atoms with Crippen molar-refractivity contribution in [3.63, 3.8) is 0 Å². The smallest absolute Gasteiger partial charge is 0.266 e. The third kappa shape index (κ3) is 10.4. The minimum absolute atomic E-state index is 0.142. The first-order chi connectivity index (χ1) is 19.0. The van der Waals surface area contributed by atoms with E-state index < -0.39 is 10.1 Å². The molecule has 0 unspecified atom stereocenters. The molecule has 2 aromatic carbocycles. The van der Waals surface area contributed by atoms with Crippen LogP contribution >= 0.6 is 11.6 Å². The summed E-state index contributed by atoms with van der Waals surface area (Å²) >= 11 is 6.66. The fourth-order valence-electron chi connectivity index (χ4n) is 4.03. The predicted octanol–water partition coefficient (Wildman–Crippen LogP) is 4.71. The van der Waals surface area contributed by atoms with Crippen molar-refractivity contribution in [2.45, 2.75) is 33.1 Å². The number of nitriles is 1. The molecule has 1 N–H and O–H groups in total.